The van der Waals surface area contributed by atoms with Crippen molar-refractivity contribution in [1.29, 1.82) is 0 Å². The van der Waals surface area contributed by atoms with Crippen molar-refractivity contribution in [3.05, 3.63) is 35.9 Å². The zero-order valence-corrected chi connectivity index (χ0v) is 17.2. The number of aliphatic hydroxyl groups excluding tert-OH is 1. The first-order valence-electron chi connectivity index (χ1n) is 11.1. The van der Waals surface area contributed by atoms with Gasteiger partial charge in [-0.25, -0.2) is 0 Å². The summed E-state index contributed by atoms with van der Waals surface area (Å²) in [5.41, 5.74) is 0.905. The second-order valence-electron chi connectivity index (χ2n) is 7.86. The summed E-state index contributed by atoms with van der Waals surface area (Å²) >= 11 is 0. The molecule has 1 aromatic carbocycles. The molecule has 0 spiro atoms. The van der Waals surface area contributed by atoms with E-state index in [1.165, 1.54) is 32.1 Å². The molecule has 0 bridgehead atoms. The third-order valence-corrected chi connectivity index (χ3v) is 5.42. The van der Waals surface area contributed by atoms with E-state index < -0.39 is 5.97 Å². The highest BCUT2D eigenvalue weighted by Crippen LogP contribution is 2.23. The number of carboxylic acid groups (broad SMARTS) is 1. The summed E-state index contributed by atoms with van der Waals surface area (Å²) in [6.07, 6.45) is 15.5. The van der Waals surface area contributed by atoms with Crippen LogP contribution < -0.4 is 0 Å². The summed E-state index contributed by atoms with van der Waals surface area (Å²) in [6.45, 7) is 2.23. The molecule has 2 unspecified atom stereocenters. The molecule has 0 aliphatic heterocycles. The molecule has 0 saturated carbocycles. The Kier molecular flexibility index (Phi) is 13.8. The lowest BCUT2D eigenvalue weighted by Gasteiger charge is -2.13. The second kappa shape index (κ2) is 15.7. The van der Waals surface area contributed by atoms with Crippen LogP contribution in [0.2, 0.25) is 0 Å². The first-order chi connectivity index (χ1) is 13.1. The van der Waals surface area contributed by atoms with Crippen molar-refractivity contribution in [2.24, 2.45) is 0 Å². The van der Waals surface area contributed by atoms with Crippen molar-refractivity contribution in [2.75, 3.05) is 0 Å². The number of aliphatic carboxylic acids is 1. The second-order valence-corrected chi connectivity index (χ2v) is 7.86. The van der Waals surface area contributed by atoms with E-state index in [2.05, 4.69) is 6.92 Å². The van der Waals surface area contributed by atoms with Crippen LogP contribution >= 0.6 is 0 Å². The van der Waals surface area contributed by atoms with Gasteiger partial charge in [0.05, 0.1) is 12.0 Å². The third-order valence-electron chi connectivity index (χ3n) is 5.42. The van der Waals surface area contributed by atoms with Gasteiger partial charge in [0.15, 0.2) is 0 Å². The Morgan fingerprint density at radius 2 is 1.26 bits per heavy atom. The predicted octanol–water partition coefficient (Wildman–Crippen LogP) is 6.70. The Morgan fingerprint density at radius 3 is 1.78 bits per heavy atom. The minimum atomic E-state index is -0.723. The van der Waals surface area contributed by atoms with E-state index in [1.54, 1.807) is 0 Å². The maximum atomic E-state index is 11.5. The maximum Gasteiger partial charge on any atom is 0.310 e. The summed E-state index contributed by atoms with van der Waals surface area (Å²) in [6, 6.07) is 9.54. The average molecular weight is 377 g/mol. The van der Waals surface area contributed by atoms with Crippen LogP contribution in [0.4, 0.5) is 0 Å². The summed E-state index contributed by atoms with van der Waals surface area (Å²) in [5.74, 6) is -1.11. The van der Waals surface area contributed by atoms with Crippen LogP contribution in [0.5, 0.6) is 0 Å². The molecule has 2 N–H and O–H groups in total. The predicted molar refractivity (Wildman–Crippen MR) is 113 cm³/mol. The largest absolute Gasteiger partial charge is 0.481 e. The molecular weight excluding hydrogens is 336 g/mol. The minimum absolute atomic E-state index is 0.134. The fourth-order valence-electron chi connectivity index (χ4n) is 3.68. The van der Waals surface area contributed by atoms with E-state index in [4.69, 9.17) is 0 Å². The van der Waals surface area contributed by atoms with Gasteiger partial charge in [0.2, 0.25) is 0 Å². The molecule has 0 aromatic heterocycles. The topological polar surface area (TPSA) is 57.5 Å². The molecule has 0 fully saturated rings. The summed E-state index contributed by atoms with van der Waals surface area (Å²) in [4.78, 5) is 11.5. The van der Waals surface area contributed by atoms with Crippen LogP contribution in [0.3, 0.4) is 0 Å². The SMILES string of the molecule is CCCCCCCCC(O)CCCCCCCC(C(=O)O)c1ccccc1. The van der Waals surface area contributed by atoms with E-state index in [1.807, 2.05) is 30.3 Å². The minimum Gasteiger partial charge on any atom is -0.481 e. The molecule has 0 aliphatic carbocycles. The van der Waals surface area contributed by atoms with E-state index in [9.17, 15) is 15.0 Å². The molecule has 3 nitrogen and oxygen atoms in total. The van der Waals surface area contributed by atoms with Gasteiger partial charge in [0, 0.05) is 0 Å². The first-order valence-corrected chi connectivity index (χ1v) is 11.1. The molecule has 1 rings (SSSR count). The first kappa shape index (κ1) is 23.7. The Balaban J connectivity index is 2.01. The van der Waals surface area contributed by atoms with Gasteiger partial charge < -0.3 is 10.2 Å². The molecular formula is C24H40O3. The van der Waals surface area contributed by atoms with Crippen molar-refractivity contribution >= 4 is 5.97 Å². The standard InChI is InChI=1S/C24H40O3/c1-2-3-4-5-7-13-18-22(25)19-14-8-6-9-15-20-23(24(26)27)21-16-11-10-12-17-21/h10-12,16-17,22-23,25H,2-9,13-15,18-20H2,1H3,(H,26,27). The monoisotopic (exact) mass is 376 g/mol. The molecule has 1 aromatic rings. The fourth-order valence-corrected chi connectivity index (χ4v) is 3.68. The van der Waals surface area contributed by atoms with E-state index in [0.29, 0.717) is 6.42 Å². The molecule has 2 atom stereocenters. The average Bonchev–Trinajstić information content (AvgIpc) is 2.67. The van der Waals surface area contributed by atoms with Crippen molar-refractivity contribution < 1.29 is 15.0 Å². The van der Waals surface area contributed by atoms with Crippen molar-refractivity contribution in [1.82, 2.24) is 0 Å². The number of aliphatic hydroxyl groups is 1. The van der Waals surface area contributed by atoms with Crippen molar-refractivity contribution in [3.63, 3.8) is 0 Å². The Hall–Kier alpha value is -1.35. The maximum absolute atomic E-state index is 11.5. The van der Waals surface area contributed by atoms with Crippen LogP contribution in [-0.4, -0.2) is 22.3 Å². The number of carboxylic acids is 1. The molecule has 0 saturated heterocycles. The van der Waals surface area contributed by atoms with Crippen molar-refractivity contribution in [3.8, 4) is 0 Å². The van der Waals surface area contributed by atoms with Crippen LogP contribution in [0.25, 0.3) is 0 Å². The highest BCUT2D eigenvalue weighted by molar-refractivity contribution is 5.75. The molecule has 0 aliphatic rings. The Labute approximate surface area is 166 Å². The number of hydrogen-bond acceptors (Lipinski definition) is 2. The van der Waals surface area contributed by atoms with Gasteiger partial charge in [0.1, 0.15) is 0 Å². The lowest BCUT2D eigenvalue weighted by molar-refractivity contribution is -0.139. The Morgan fingerprint density at radius 1 is 0.778 bits per heavy atom. The molecule has 154 valence electrons. The smallest absolute Gasteiger partial charge is 0.310 e. The van der Waals surface area contributed by atoms with Gasteiger partial charge in [-0.3, -0.25) is 4.79 Å². The fraction of sp³-hybridized carbons (Fsp3) is 0.708. The number of hydrogen-bond donors (Lipinski definition) is 2. The molecule has 27 heavy (non-hydrogen) atoms. The quantitative estimate of drug-likeness (QED) is 0.297. The summed E-state index contributed by atoms with van der Waals surface area (Å²) in [7, 11) is 0. The lowest BCUT2D eigenvalue weighted by Crippen LogP contribution is -2.11. The number of unbranched alkanes of at least 4 members (excludes halogenated alkanes) is 9. The Bertz CT molecular complexity index is 472. The van der Waals surface area contributed by atoms with Crippen LogP contribution in [0, 0.1) is 0 Å². The van der Waals surface area contributed by atoms with Gasteiger partial charge in [-0.15, -0.1) is 0 Å². The zero-order chi connectivity index (χ0) is 19.7. The lowest BCUT2D eigenvalue weighted by atomic mass is 9.93. The van der Waals surface area contributed by atoms with E-state index in [0.717, 1.165) is 56.9 Å². The summed E-state index contributed by atoms with van der Waals surface area (Å²) in [5, 5.41) is 19.5. The number of carbonyl (C=O) groups is 1. The van der Waals surface area contributed by atoms with Gasteiger partial charge in [-0.1, -0.05) is 108 Å². The third kappa shape index (κ3) is 11.9. The zero-order valence-electron chi connectivity index (χ0n) is 17.2. The van der Waals surface area contributed by atoms with Gasteiger partial charge in [-0.05, 0) is 24.8 Å². The number of rotatable bonds is 17. The van der Waals surface area contributed by atoms with Crippen LogP contribution in [0.15, 0.2) is 30.3 Å². The normalized spacial score (nSPS) is 13.4. The molecule has 0 heterocycles. The van der Waals surface area contributed by atoms with Gasteiger partial charge in [0.25, 0.3) is 0 Å². The number of benzene rings is 1. The van der Waals surface area contributed by atoms with Crippen molar-refractivity contribution in [2.45, 2.75) is 109 Å². The van der Waals surface area contributed by atoms with Crippen LogP contribution in [-0.2, 0) is 4.79 Å². The van der Waals surface area contributed by atoms with Crippen LogP contribution in [0.1, 0.15) is 108 Å². The highest BCUT2D eigenvalue weighted by atomic mass is 16.4. The highest BCUT2D eigenvalue weighted by Gasteiger charge is 2.18. The molecule has 3 heteroatoms. The van der Waals surface area contributed by atoms with E-state index >= 15 is 0 Å². The van der Waals surface area contributed by atoms with Gasteiger partial charge >= 0.3 is 5.97 Å². The molecule has 0 amide bonds. The molecule has 0 radical (unpaired) electrons. The summed E-state index contributed by atoms with van der Waals surface area (Å²) < 4.78 is 0. The van der Waals surface area contributed by atoms with Gasteiger partial charge in [-0.2, -0.15) is 0 Å². The van der Waals surface area contributed by atoms with E-state index in [-0.39, 0.29) is 12.0 Å².